The van der Waals surface area contributed by atoms with Crippen molar-refractivity contribution in [1.82, 2.24) is 0 Å². The number of aliphatic hydroxyl groups is 2. The van der Waals surface area contributed by atoms with Crippen LogP contribution in [-0.4, -0.2) is 113 Å². The molecule has 0 fully saturated rings. The molecule has 152 valence electrons. The van der Waals surface area contributed by atoms with Crippen molar-refractivity contribution in [1.29, 1.82) is 0 Å². The van der Waals surface area contributed by atoms with Crippen LogP contribution in [0.3, 0.4) is 0 Å². The van der Waals surface area contributed by atoms with Crippen molar-refractivity contribution in [3.8, 4) is 0 Å². The standard InChI is InChI=1S/C16H34O7S2/c17-1-13-24-15-11-22-9-7-20-5-3-19-4-6-21-8-10-23-12-16-25-14-2-18/h17-18H,1-16H2. The van der Waals surface area contributed by atoms with E-state index in [0.717, 1.165) is 23.0 Å². The highest BCUT2D eigenvalue weighted by atomic mass is 32.2. The van der Waals surface area contributed by atoms with Crippen molar-refractivity contribution in [3.63, 3.8) is 0 Å². The van der Waals surface area contributed by atoms with Crippen LogP contribution in [0.4, 0.5) is 0 Å². The van der Waals surface area contributed by atoms with E-state index < -0.39 is 0 Å². The molecule has 0 atom stereocenters. The molecular weight excluding hydrogens is 368 g/mol. The maximum atomic E-state index is 8.61. The predicted octanol–water partition coefficient (Wildman–Crippen LogP) is 0.520. The minimum absolute atomic E-state index is 0.220. The molecule has 0 aliphatic rings. The molecule has 0 amide bonds. The number of thioether (sulfide) groups is 2. The van der Waals surface area contributed by atoms with Gasteiger partial charge in [-0.25, -0.2) is 0 Å². The van der Waals surface area contributed by atoms with Gasteiger partial charge in [0, 0.05) is 23.0 Å². The molecule has 0 saturated heterocycles. The number of hydrogen-bond donors (Lipinski definition) is 2. The van der Waals surface area contributed by atoms with Gasteiger partial charge in [0.1, 0.15) is 0 Å². The summed E-state index contributed by atoms with van der Waals surface area (Å²) in [6, 6.07) is 0. The molecule has 2 N–H and O–H groups in total. The average molecular weight is 403 g/mol. The molecule has 0 unspecified atom stereocenters. The highest BCUT2D eigenvalue weighted by molar-refractivity contribution is 7.99. The number of rotatable bonds is 22. The second-order valence-electron chi connectivity index (χ2n) is 4.73. The second-order valence-corrected chi connectivity index (χ2v) is 7.18. The molecular formula is C16H34O7S2. The molecule has 0 saturated carbocycles. The van der Waals surface area contributed by atoms with Gasteiger partial charge in [0.25, 0.3) is 0 Å². The van der Waals surface area contributed by atoms with E-state index in [4.69, 9.17) is 33.9 Å². The quantitative estimate of drug-likeness (QED) is 0.252. The molecule has 0 rings (SSSR count). The van der Waals surface area contributed by atoms with E-state index in [-0.39, 0.29) is 13.2 Å². The summed E-state index contributed by atoms with van der Waals surface area (Å²) in [5.41, 5.74) is 0. The van der Waals surface area contributed by atoms with Gasteiger partial charge in [-0.3, -0.25) is 0 Å². The molecule has 25 heavy (non-hydrogen) atoms. The lowest BCUT2D eigenvalue weighted by atomic mass is 10.7. The van der Waals surface area contributed by atoms with E-state index in [0.29, 0.717) is 66.1 Å². The minimum Gasteiger partial charge on any atom is -0.396 e. The largest absolute Gasteiger partial charge is 0.396 e. The Labute approximate surface area is 160 Å². The third-order valence-electron chi connectivity index (χ3n) is 2.70. The number of aliphatic hydroxyl groups excluding tert-OH is 2. The minimum atomic E-state index is 0.220. The Bertz CT molecular complexity index is 217. The summed E-state index contributed by atoms with van der Waals surface area (Å²) in [5.74, 6) is 3.33. The Kier molecular flexibility index (Phi) is 24.8. The highest BCUT2D eigenvalue weighted by Gasteiger charge is 1.94. The van der Waals surface area contributed by atoms with Gasteiger partial charge in [-0.1, -0.05) is 0 Å². The summed E-state index contributed by atoms with van der Waals surface area (Å²) in [4.78, 5) is 0. The molecule has 0 radical (unpaired) electrons. The summed E-state index contributed by atoms with van der Waals surface area (Å²) in [6.45, 7) is 6.33. The van der Waals surface area contributed by atoms with Crippen LogP contribution in [-0.2, 0) is 23.7 Å². The Morgan fingerprint density at radius 3 is 0.960 bits per heavy atom. The zero-order chi connectivity index (χ0) is 18.3. The van der Waals surface area contributed by atoms with Gasteiger partial charge in [0.2, 0.25) is 0 Å². The van der Waals surface area contributed by atoms with Gasteiger partial charge in [-0.05, 0) is 0 Å². The monoisotopic (exact) mass is 402 g/mol. The lowest BCUT2D eigenvalue weighted by Crippen LogP contribution is -2.13. The molecule has 0 aliphatic carbocycles. The van der Waals surface area contributed by atoms with Crippen molar-refractivity contribution in [2.45, 2.75) is 0 Å². The van der Waals surface area contributed by atoms with Gasteiger partial charge in [0.15, 0.2) is 0 Å². The third kappa shape index (κ3) is 24.4. The van der Waals surface area contributed by atoms with Gasteiger partial charge < -0.3 is 33.9 Å². The fourth-order valence-electron chi connectivity index (χ4n) is 1.55. The summed E-state index contributed by atoms with van der Waals surface area (Å²) in [7, 11) is 0. The average Bonchev–Trinajstić information content (AvgIpc) is 2.63. The van der Waals surface area contributed by atoms with Crippen LogP contribution in [0, 0.1) is 0 Å². The molecule has 9 heteroatoms. The van der Waals surface area contributed by atoms with E-state index >= 15 is 0 Å². The summed E-state index contributed by atoms with van der Waals surface area (Å²) < 4.78 is 26.9. The van der Waals surface area contributed by atoms with Crippen LogP contribution in [0.25, 0.3) is 0 Å². The first-order valence-corrected chi connectivity index (χ1v) is 11.0. The SMILES string of the molecule is OCCSCCOCCOCCOCCOCCOCCSCCO. The van der Waals surface area contributed by atoms with Gasteiger partial charge in [-0.2, -0.15) is 23.5 Å². The summed E-state index contributed by atoms with van der Waals surface area (Å²) in [5, 5.41) is 17.2. The van der Waals surface area contributed by atoms with Crippen molar-refractivity contribution < 1.29 is 33.9 Å². The van der Waals surface area contributed by atoms with Gasteiger partial charge in [-0.15, -0.1) is 0 Å². The Morgan fingerprint density at radius 2 is 0.680 bits per heavy atom. The van der Waals surface area contributed by atoms with Gasteiger partial charge >= 0.3 is 0 Å². The van der Waals surface area contributed by atoms with Crippen LogP contribution in [0.5, 0.6) is 0 Å². The molecule has 0 aliphatic heterocycles. The maximum absolute atomic E-state index is 8.61. The molecule has 0 heterocycles. The van der Waals surface area contributed by atoms with Crippen molar-refractivity contribution >= 4 is 23.5 Å². The van der Waals surface area contributed by atoms with E-state index in [1.54, 1.807) is 23.5 Å². The van der Waals surface area contributed by atoms with Crippen molar-refractivity contribution in [2.75, 3.05) is 102 Å². The smallest absolute Gasteiger partial charge is 0.0701 e. The van der Waals surface area contributed by atoms with E-state index in [1.807, 2.05) is 0 Å². The first kappa shape index (κ1) is 25.4. The molecule has 0 spiro atoms. The second kappa shape index (κ2) is 24.4. The van der Waals surface area contributed by atoms with E-state index in [9.17, 15) is 0 Å². The highest BCUT2D eigenvalue weighted by Crippen LogP contribution is 1.98. The number of ether oxygens (including phenoxy) is 5. The molecule has 0 aromatic rings. The first-order valence-electron chi connectivity index (χ1n) is 8.67. The molecule has 0 bridgehead atoms. The van der Waals surface area contributed by atoms with Crippen molar-refractivity contribution in [3.05, 3.63) is 0 Å². The van der Waals surface area contributed by atoms with E-state index in [1.165, 1.54) is 0 Å². The van der Waals surface area contributed by atoms with Crippen LogP contribution in [0.1, 0.15) is 0 Å². The van der Waals surface area contributed by atoms with Crippen molar-refractivity contribution in [2.24, 2.45) is 0 Å². The summed E-state index contributed by atoms with van der Waals surface area (Å²) >= 11 is 3.36. The van der Waals surface area contributed by atoms with Crippen LogP contribution in [0.2, 0.25) is 0 Å². The van der Waals surface area contributed by atoms with Crippen LogP contribution in [0.15, 0.2) is 0 Å². The Morgan fingerprint density at radius 1 is 0.400 bits per heavy atom. The molecule has 7 nitrogen and oxygen atoms in total. The predicted molar refractivity (Wildman–Crippen MR) is 103 cm³/mol. The first-order chi connectivity index (χ1) is 12.4. The van der Waals surface area contributed by atoms with E-state index in [2.05, 4.69) is 0 Å². The normalized spacial score (nSPS) is 11.3. The zero-order valence-electron chi connectivity index (χ0n) is 15.1. The molecule has 0 aromatic heterocycles. The van der Waals surface area contributed by atoms with Crippen LogP contribution < -0.4 is 0 Å². The summed E-state index contributed by atoms with van der Waals surface area (Å²) in [6.07, 6.45) is 0. The third-order valence-corrected chi connectivity index (χ3v) is 4.56. The van der Waals surface area contributed by atoms with Gasteiger partial charge in [0.05, 0.1) is 79.3 Å². The lowest BCUT2D eigenvalue weighted by Gasteiger charge is -2.08. The Balaban J connectivity index is 2.94. The number of hydrogen-bond acceptors (Lipinski definition) is 9. The zero-order valence-corrected chi connectivity index (χ0v) is 16.7. The fraction of sp³-hybridized carbons (Fsp3) is 1.00. The van der Waals surface area contributed by atoms with Crippen LogP contribution >= 0.6 is 23.5 Å². The fourth-order valence-corrected chi connectivity index (χ4v) is 2.69. The molecule has 0 aromatic carbocycles. The topological polar surface area (TPSA) is 86.6 Å². The lowest BCUT2D eigenvalue weighted by molar-refractivity contribution is -0.00903. The maximum Gasteiger partial charge on any atom is 0.0701 e. The Hall–Kier alpha value is 0.420.